The van der Waals surface area contributed by atoms with Crippen molar-refractivity contribution in [3.05, 3.63) is 0 Å². The average Bonchev–Trinajstić information content (AvgIpc) is 2.69. The summed E-state index contributed by atoms with van der Waals surface area (Å²) in [5.41, 5.74) is -0.993. The molecule has 20 heavy (non-hydrogen) atoms. The Labute approximate surface area is 123 Å². The van der Waals surface area contributed by atoms with Crippen LogP contribution in [0.3, 0.4) is 0 Å². The maximum absolute atomic E-state index is 12.3. The van der Waals surface area contributed by atoms with E-state index in [-0.39, 0.29) is 17.5 Å². The van der Waals surface area contributed by atoms with Gasteiger partial charge in [-0.2, -0.15) is 0 Å². The summed E-state index contributed by atoms with van der Waals surface area (Å²) in [5.74, 6) is -0.611. The monoisotopic (exact) mass is 282 g/mol. The van der Waals surface area contributed by atoms with Crippen molar-refractivity contribution in [2.75, 3.05) is 0 Å². The molecule has 0 aliphatic heterocycles. The summed E-state index contributed by atoms with van der Waals surface area (Å²) in [6, 6.07) is 0. The fourth-order valence-corrected chi connectivity index (χ4v) is 3.54. The zero-order chi connectivity index (χ0) is 15.2. The van der Waals surface area contributed by atoms with Gasteiger partial charge in [0.25, 0.3) is 0 Å². The number of unbranched alkanes of at least 4 members (excludes halogenated alkanes) is 5. The van der Waals surface area contributed by atoms with Crippen molar-refractivity contribution in [2.45, 2.75) is 84.2 Å². The molecule has 3 atom stereocenters. The second-order valence-electron chi connectivity index (χ2n) is 6.57. The predicted molar refractivity (Wildman–Crippen MR) is 80.5 cm³/mol. The second kappa shape index (κ2) is 7.92. The SMILES string of the molecule is CCCCCCCCC(=O)[C@@H]1CC[C@](C)(O)[C@H]1C(C)=O. The maximum Gasteiger partial charge on any atom is 0.136 e. The number of carbonyl (C=O) groups excluding carboxylic acids is 2. The number of rotatable bonds is 9. The van der Waals surface area contributed by atoms with Crippen LogP contribution in [0.25, 0.3) is 0 Å². The van der Waals surface area contributed by atoms with Crippen LogP contribution in [-0.2, 0) is 9.59 Å². The third-order valence-electron chi connectivity index (χ3n) is 4.66. The van der Waals surface area contributed by atoms with E-state index < -0.39 is 11.5 Å². The van der Waals surface area contributed by atoms with Crippen LogP contribution >= 0.6 is 0 Å². The Kier molecular flexibility index (Phi) is 6.87. The number of hydrogen-bond acceptors (Lipinski definition) is 3. The van der Waals surface area contributed by atoms with Crippen LogP contribution in [0.1, 0.15) is 78.6 Å². The summed E-state index contributed by atoms with van der Waals surface area (Å²) in [4.78, 5) is 24.0. The molecule has 0 spiro atoms. The van der Waals surface area contributed by atoms with Crippen molar-refractivity contribution in [3.63, 3.8) is 0 Å². The second-order valence-corrected chi connectivity index (χ2v) is 6.57. The predicted octanol–water partition coefficient (Wildman–Crippen LogP) is 3.67. The molecule has 0 aromatic heterocycles. The minimum absolute atomic E-state index is 0.0474. The molecular weight excluding hydrogens is 252 g/mol. The lowest BCUT2D eigenvalue weighted by Crippen LogP contribution is -2.38. The van der Waals surface area contributed by atoms with Crippen molar-refractivity contribution in [3.8, 4) is 0 Å². The molecule has 3 nitrogen and oxygen atoms in total. The van der Waals surface area contributed by atoms with Crippen molar-refractivity contribution in [2.24, 2.45) is 11.8 Å². The first-order valence-corrected chi connectivity index (χ1v) is 8.15. The van der Waals surface area contributed by atoms with Crippen LogP contribution < -0.4 is 0 Å². The van der Waals surface area contributed by atoms with E-state index in [9.17, 15) is 14.7 Å². The summed E-state index contributed by atoms with van der Waals surface area (Å²) in [6.45, 7) is 5.38. The van der Waals surface area contributed by atoms with E-state index in [1.807, 2.05) is 0 Å². The van der Waals surface area contributed by atoms with E-state index >= 15 is 0 Å². The molecule has 0 amide bonds. The highest BCUT2D eigenvalue weighted by Gasteiger charge is 2.48. The van der Waals surface area contributed by atoms with Gasteiger partial charge in [0.15, 0.2) is 0 Å². The quantitative estimate of drug-likeness (QED) is 0.656. The molecule has 0 heterocycles. The van der Waals surface area contributed by atoms with E-state index in [2.05, 4.69) is 6.92 Å². The van der Waals surface area contributed by atoms with Gasteiger partial charge < -0.3 is 5.11 Å². The number of aliphatic hydroxyl groups is 1. The first-order chi connectivity index (χ1) is 9.40. The molecule has 1 rings (SSSR count). The molecule has 3 heteroatoms. The molecule has 0 radical (unpaired) electrons. The Morgan fingerprint density at radius 2 is 1.75 bits per heavy atom. The standard InChI is InChI=1S/C17H30O3/c1-4-5-6-7-8-9-10-15(19)14-11-12-17(3,20)16(14)13(2)18/h14,16,20H,4-12H2,1-3H3/t14-,16-,17-/m0/s1. The van der Waals surface area contributed by atoms with Gasteiger partial charge in [-0.05, 0) is 33.1 Å². The summed E-state index contributed by atoms with van der Waals surface area (Å²) < 4.78 is 0. The molecule has 1 saturated carbocycles. The highest BCUT2D eigenvalue weighted by atomic mass is 16.3. The Balaban J connectivity index is 2.37. The molecule has 1 aliphatic rings. The third kappa shape index (κ3) is 4.69. The van der Waals surface area contributed by atoms with Gasteiger partial charge in [0.1, 0.15) is 11.6 Å². The van der Waals surface area contributed by atoms with Crippen LogP contribution in [0.2, 0.25) is 0 Å². The van der Waals surface area contributed by atoms with Gasteiger partial charge in [-0.3, -0.25) is 9.59 Å². The van der Waals surface area contributed by atoms with Crippen molar-refractivity contribution in [1.82, 2.24) is 0 Å². The largest absolute Gasteiger partial charge is 0.389 e. The van der Waals surface area contributed by atoms with Crippen LogP contribution in [0.5, 0.6) is 0 Å². The van der Waals surface area contributed by atoms with Crippen LogP contribution in [0.4, 0.5) is 0 Å². The number of ketones is 2. The van der Waals surface area contributed by atoms with Crippen LogP contribution in [0, 0.1) is 11.8 Å². The van der Waals surface area contributed by atoms with Crippen LogP contribution in [-0.4, -0.2) is 22.3 Å². The van der Waals surface area contributed by atoms with Gasteiger partial charge in [-0.1, -0.05) is 39.0 Å². The zero-order valence-electron chi connectivity index (χ0n) is 13.3. The smallest absolute Gasteiger partial charge is 0.136 e. The maximum atomic E-state index is 12.3. The number of carbonyl (C=O) groups is 2. The van der Waals surface area contributed by atoms with E-state index in [1.165, 1.54) is 32.6 Å². The average molecular weight is 282 g/mol. The molecule has 116 valence electrons. The molecule has 1 fully saturated rings. The molecular formula is C17H30O3. The minimum Gasteiger partial charge on any atom is -0.389 e. The lowest BCUT2D eigenvalue weighted by molar-refractivity contribution is -0.136. The zero-order valence-corrected chi connectivity index (χ0v) is 13.3. The molecule has 1 N–H and O–H groups in total. The third-order valence-corrected chi connectivity index (χ3v) is 4.66. The van der Waals surface area contributed by atoms with Gasteiger partial charge in [0, 0.05) is 12.3 Å². The van der Waals surface area contributed by atoms with E-state index in [0.717, 1.165) is 12.8 Å². The van der Waals surface area contributed by atoms with Gasteiger partial charge in [0.2, 0.25) is 0 Å². The topological polar surface area (TPSA) is 54.4 Å². The Hall–Kier alpha value is -0.700. The molecule has 1 aliphatic carbocycles. The summed E-state index contributed by atoms with van der Waals surface area (Å²) in [6.07, 6.45) is 8.75. The van der Waals surface area contributed by atoms with Crippen molar-refractivity contribution >= 4 is 11.6 Å². The fraction of sp³-hybridized carbons (Fsp3) is 0.882. The highest BCUT2D eigenvalue weighted by Crippen LogP contribution is 2.41. The molecule has 0 aromatic carbocycles. The summed E-state index contributed by atoms with van der Waals surface area (Å²) in [7, 11) is 0. The molecule has 0 saturated heterocycles. The minimum atomic E-state index is -0.993. The van der Waals surface area contributed by atoms with Gasteiger partial charge in [-0.15, -0.1) is 0 Å². The number of hydrogen-bond donors (Lipinski definition) is 1. The Bertz CT molecular complexity index is 333. The normalized spacial score (nSPS) is 29.6. The fourth-order valence-electron chi connectivity index (χ4n) is 3.54. The molecule has 0 unspecified atom stereocenters. The lowest BCUT2D eigenvalue weighted by Gasteiger charge is -2.26. The molecule has 0 aromatic rings. The Morgan fingerprint density at radius 3 is 2.35 bits per heavy atom. The van der Waals surface area contributed by atoms with Crippen molar-refractivity contribution < 1.29 is 14.7 Å². The first-order valence-electron chi connectivity index (χ1n) is 8.15. The van der Waals surface area contributed by atoms with E-state index in [4.69, 9.17) is 0 Å². The highest BCUT2D eigenvalue weighted by molar-refractivity contribution is 5.90. The number of Topliss-reactive ketones (excluding diaryl/α,β-unsaturated/α-hetero) is 2. The lowest BCUT2D eigenvalue weighted by atomic mass is 9.81. The van der Waals surface area contributed by atoms with Crippen molar-refractivity contribution in [1.29, 1.82) is 0 Å². The summed E-state index contributed by atoms with van der Waals surface area (Å²) in [5, 5.41) is 10.2. The van der Waals surface area contributed by atoms with Gasteiger partial charge >= 0.3 is 0 Å². The van der Waals surface area contributed by atoms with Crippen LogP contribution in [0.15, 0.2) is 0 Å². The van der Waals surface area contributed by atoms with E-state index in [1.54, 1.807) is 6.92 Å². The van der Waals surface area contributed by atoms with Gasteiger partial charge in [0.05, 0.1) is 11.5 Å². The first kappa shape index (κ1) is 17.4. The Morgan fingerprint density at radius 1 is 1.15 bits per heavy atom. The van der Waals surface area contributed by atoms with Gasteiger partial charge in [-0.25, -0.2) is 0 Å². The summed E-state index contributed by atoms with van der Waals surface area (Å²) >= 11 is 0. The molecule has 0 bridgehead atoms. The van der Waals surface area contributed by atoms with E-state index in [0.29, 0.717) is 19.3 Å².